The van der Waals surface area contributed by atoms with Gasteiger partial charge in [-0.05, 0) is 0 Å². The number of nitrogens with one attached hydrogen (secondary N) is 1. The maximum atomic E-state index is 8.73. The maximum Gasteiger partial charge on any atom is 0.124 e. The van der Waals surface area contributed by atoms with Crippen molar-refractivity contribution < 1.29 is 14.9 Å². The van der Waals surface area contributed by atoms with Gasteiger partial charge >= 0.3 is 0 Å². The lowest BCUT2D eigenvalue weighted by atomic mass is 10.3. The van der Waals surface area contributed by atoms with Crippen molar-refractivity contribution in [3.05, 3.63) is 17.7 Å². The van der Waals surface area contributed by atoms with Crippen LogP contribution in [-0.4, -0.2) is 22.2 Å². The number of aromatic amines is 1. The molecule has 0 unspecified atom stereocenters. The molecule has 0 saturated heterocycles. The van der Waals surface area contributed by atoms with Crippen LogP contribution in [0.15, 0.2) is 6.33 Å². The second-order valence-electron chi connectivity index (χ2n) is 1.91. The SMILES string of the molecule is COOCc1[nH]cnc1CO. The first-order valence-corrected chi connectivity index (χ1v) is 3.16. The highest BCUT2D eigenvalue weighted by molar-refractivity contribution is 5.08. The van der Waals surface area contributed by atoms with Gasteiger partial charge in [0.2, 0.25) is 0 Å². The minimum atomic E-state index is -0.0914. The highest BCUT2D eigenvalue weighted by Gasteiger charge is 2.03. The molecule has 1 aromatic heterocycles. The molecule has 5 nitrogen and oxygen atoms in total. The second-order valence-corrected chi connectivity index (χ2v) is 1.91. The Labute approximate surface area is 63.9 Å². The van der Waals surface area contributed by atoms with Gasteiger partial charge in [0.1, 0.15) is 6.61 Å². The van der Waals surface area contributed by atoms with E-state index < -0.39 is 0 Å². The van der Waals surface area contributed by atoms with Crippen LogP contribution < -0.4 is 0 Å². The van der Waals surface area contributed by atoms with Crippen molar-refractivity contribution in [2.75, 3.05) is 7.11 Å². The summed E-state index contributed by atoms with van der Waals surface area (Å²) in [6, 6.07) is 0. The summed E-state index contributed by atoms with van der Waals surface area (Å²) in [7, 11) is 1.43. The molecule has 1 heterocycles. The first-order valence-electron chi connectivity index (χ1n) is 3.16. The molecule has 2 N–H and O–H groups in total. The average Bonchev–Trinajstić information content (AvgIpc) is 2.47. The largest absolute Gasteiger partial charge is 0.390 e. The molecule has 0 aliphatic carbocycles. The van der Waals surface area contributed by atoms with Crippen LogP contribution in [0.2, 0.25) is 0 Å². The third-order valence-corrected chi connectivity index (χ3v) is 1.28. The zero-order chi connectivity index (χ0) is 8.10. The van der Waals surface area contributed by atoms with Crippen LogP contribution in [0.3, 0.4) is 0 Å². The fraction of sp³-hybridized carbons (Fsp3) is 0.500. The van der Waals surface area contributed by atoms with Crippen LogP contribution in [0.1, 0.15) is 11.4 Å². The number of H-pyrrole nitrogens is 1. The van der Waals surface area contributed by atoms with Gasteiger partial charge in [0, 0.05) is 0 Å². The van der Waals surface area contributed by atoms with Crippen LogP contribution in [0.25, 0.3) is 0 Å². The molecule has 0 spiro atoms. The Morgan fingerprint density at radius 2 is 2.55 bits per heavy atom. The van der Waals surface area contributed by atoms with E-state index in [1.165, 1.54) is 13.4 Å². The van der Waals surface area contributed by atoms with Gasteiger partial charge in [-0.2, -0.15) is 0 Å². The summed E-state index contributed by atoms with van der Waals surface area (Å²) in [5, 5.41) is 8.73. The van der Waals surface area contributed by atoms with Crippen molar-refractivity contribution in [1.82, 2.24) is 9.97 Å². The molecule has 0 fully saturated rings. The minimum absolute atomic E-state index is 0.0914. The van der Waals surface area contributed by atoms with Gasteiger partial charge in [-0.3, -0.25) is 0 Å². The average molecular weight is 158 g/mol. The number of nitrogens with zero attached hydrogens (tertiary/aromatic N) is 1. The summed E-state index contributed by atoms with van der Waals surface area (Å²) in [6.45, 7) is 0.179. The maximum absolute atomic E-state index is 8.73. The summed E-state index contributed by atoms with van der Waals surface area (Å²) in [5.41, 5.74) is 1.32. The molecule has 0 radical (unpaired) electrons. The lowest BCUT2D eigenvalue weighted by molar-refractivity contribution is -0.283. The van der Waals surface area contributed by atoms with Crippen molar-refractivity contribution in [2.24, 2.45) is 0 Å². The Bertz CT molecular complexity index is 211. The van der Waals surface area contributed by atoms with E-state index in [2.05, 4.69) is 19.7 Å². The lowest BCUT2D eigenvalue weighted by Crippen LogP contribution is -1.96. The van der Waals surface area contributed by atoms with E-state index in [-0.39, 0.29) is 13.2 Å². The molecule has 0 aliphatic rings. The zero-order valence-corrected chi connectivity index (χ0v) is 6.20. The van der Waals surface area contributed by atoms with Crippen LogP contribution in [0.4, 0.5) is 0 Å². The highest BCUT2D eigenvalue weighted by Crippen LogP contribution is 2.03. The zero-order valence-electron chi connectivity index (χ0n) is 6.20. The molecule has 0 saturated carbocycles. The number of aliphatic hydroxyl groups is 1. The lowest BCUT2D eigenvalue weighted by Gasteiger charge is -1.98. The summed E-state index contributed by atoms with van der Waals surface area (Å²) in [4.78, 5) is 15.7. The first-order chi connectivity index (χ1) is 5.38. The van der Waals surface area contributed by atoms with E-state index in [0.29, 0.717) is 5.69 Å². The molecule has 0 amide bonds. The van der Waals surface area contributed by atoms with Gasteiger partial charge < -0.3 is 10.1 Å². The fourth-order valence-corrected chi connectivity index (χ4v) is 0.728. The van der Waals surface area contributed by atoms with Gasteiger partial charge in [-0.15, -0.1) is 0 Å². The predicted octanol–water partition coefficient (Wildman–Crippen LogP) is -0.0200. The number of rotatable bonds is 4. The van der Waals surface area contributed by atoms with E-state index in [0.717, 1.165) is 5.69 Å². The van der Waals surface area contributed by atoms with E-state index in [1.54, 1.807) is 0 Å². The van der Waals surface area contributed by atoms with Crippen molar-refractivity contribution in [3.63, 3.8) is 0 Å². The molecule has 0 aliphatic heterocycles. The normalized spacial score (nSPS) is 10.4. The number of imidazole rings is 1. The quantitative estimate of drug-likeness (QED) is 0.477. The molecule has 62 valence electrons. The van der Waals surface area contributed by atoms with Gasteiger partial charge in [0.25, 0.3) is 0 Å². The Balaban J connectivity index is 2.54. The first kappa shape index (κ1) is 8.19. The van der Waals surface area contributed by atoms with Crippen LogP contribution in [0, 0.1) is 0 Å². The van der Waals surface area contributed by atoms with Crippen LogP contribution in [0.5, 0.6) is 0 Å². The van der Waals surface area contributed by atoms with E-state index in [1.807, 2.05) is 0 Å². The number of hydrogen-bond donors (Lipinski definition) is 2. The summed E-state index contributed by atoms with van der Waals surface area (Å²) in [6.07, 6.45) is 1.50. The van der Waals surface area contributed by atoms with Gasteiger partial charge in [0.05, 0.1) is 31.4 Å². The molecule has 1 aromatic rings. The molecule has 5 heteroatoms. The number of aromatic nitrogens is 2. The Hall–Kier alpha value is -0.910. The summed E-state index contributed by atoms with van der Waals surface area (Å²) >= 11 is 0. The highest BCUT2D eigenvalue weighted by atomic mass is 17.2. The molecular formula is C6H10N2O3. The monoisotopic (exact) mass is 158 g/mol. The third kappa shape index (κ3) is 2.01. The third-order valence-electron chi connectivity index (χ3n) is 1.28. The molecular weight excluding hydrogens is 148 g/mol. The Morgan fingerprint density at radius 1 is 1.73 bits per heavy atom. The fourth-order valence-electron chi connectivity index (χ4n) is 0.728. The van der Waals surface area contributed by atoms with E-state index in [4.69, 9.17) is 5.11 Å². The van der Waals surface area contributed by atoms with Crippen LogP contribution in [-0.2, 0) is 23.0 Å². The Morgan fingerprint density at radius 3 is 3.18 bits per heavy atom. The molecule has 0 bridgehead atoms. The molecule has 1 rings (SSSR count). The molecule has 11 heavy (non-hydrogen) atoms. The van der Waals surface area contributed by atoms with Crippen molar-refractivity contribution in [1.29, 1.82) is 0 Å². The van der Waals surface area contributed by atoms with Crippen molar-refractivity contribution in [2.45, 2.75) is 13.2 Å². The number of hydrogen-bond acceptors (Lipinski definition) is 4. The van der Waals surface area contributed by atoms with Gasteiger partial charge in [0.15, 0.2) is 0 Å². The van der Waals surface area contributed by atoms with Gasteiger partial charge in [-0.25, -0.2) is 14.8 Å². The summed E-state index contributed by atoms with van der Waals surface area (Å²) < 4.78 is 0. The molecule has 0 atom stereocenters. The topological polar surface area (TPSA) is 67.4 Å². The summed E-state index contributed by atoms with van der Waals surface area (Å²) in [5.74, 6) is 0. The molecule has 0 aromatic carbocycles. The van der Waals surface area contributed by atoms with Crippen molar-refractivity contribution in [3.8, 4) is 0 Å². The standard InChI is InChI=1S/C6H10N2O3/c1-10-11-3-6-5(2-9)7-4-8-6/h4,9H,2-3H2,1H3,(H,7,8). The minimum Gasteiger partial charge on any atom is -0.390 e. The van der Waals surface area contributed by atoms with E-state index >= 15 is 0 Å². The van der Waals surface area contributed by atoms with Crippen LogP contribution >= 0.6 is 0 Å². The van der Waals surface area contributed by atoms with E-state index in [9.17, 15) is 0 Å². The smallest absolute Gasteiger partial charge is 0.124 e. The van der Waals surface area contributed by atoms with Gasteiger partial charge in [-0.1, -0.05) is 0 Å². The predicted molar refractivity (Wildman–Crippen MR) is 36.3 cm³/mol. The Kier molecular flexibility index (Phi) is 3.03. The number of aliphatic hydroxyl groups excluding tert-OH is 1. The van der Waals surface area contributed by atoms with Crippen molar-refractivity contribution >= 4 is 0 Å². The second kappa shape index (κ2) is 4.07.